The molecule has 1 fully saturated rings. The lowest BCUT2D eigenvalue weighted by Crippen LogP contribution is -2.32. The van der Waals surface area contributed by atoms with Crippen LogP contribution in [-0.4, -0.2) is 40.8 Å². The highest BCUT2D eigenvalue weighted by molar-refractivity contribution is 5.79. The number of halogens is 1. The van der Waals surface area contributed by atoms with Crippen LogP contribution < -0.4 is 10.1 Å². The summed E-state index contributed by atoms with van der Waals surface area (Å²) in [6, 6.07) is 14.5. The highest BCUT2D eigenvalue weighted by Gasteiger charge is 2.51. The third-order valence-corrected chi connectivity index (χ3v) is 6.33. The van der Waals surface area contributed by atoms with Gasteiger partial charge in [0.05, 0.1) is 6.61 Å². The molecule has 0 radical (unpaired) electrons. The molecule has 166 valence electrons. The van der Waals surface area contributed by atoms with Crippen LogP contribution >= 0.6 is 0 Å². The molecule has 1 heterocycles. The van der Waals surface area contributed by atoms with Gasteiger partial charge in [0.25, 0.3) is 0 Å². The van der Waals surface area contributed by atoms with E-state index in [4.69, 9.17) is 4.74 Å². The monoisotopic (exact) mass is 426 g/mol. The normalized spacial score (nSPS) is 23.7. The number of ether oxygens (including phenoxy) is 1. The summed E-state index contributed by atoms with van der Waals surface area (Å²) in [6.45, 7) is 6.72. The predicted octanol–water partition coefficient (Wildman–Crippen LogP) is 3.37. The number of hydrogen-bond donors (Lipinski definition) is 2. The number of hydrogen-bond acceptors (Lipinski definition) is 4. The number of carbonyl (C=O) groups excluding carboxylic acids is 1. The number of aliphatic hydroxyl groups is 1. The summed E-state index contributed by atoms with van der Waals surface area (Å²) in [5, 5.41) is 12.0. The molecule has 1 aliphatic carbocycles. The van der Waals surface area contributed by atoms with Gasteiger partial charge < -0.3 is 15.2 Å². The van der Waals surface area contributed by atoms with Crippen molar-refractivity contribution in [1.29, 1.82) is 0 Å². The van der Waals surface area contributed by atoms with E-state index >= 15 is 0 Å². The van der Waals surface area contributed by atoms with E-state index in [1.807, 2.05) is 18.2 Å². The second-order valence-corrected chi connectivity index (χ2v) is 9.09. The first-order valence-electron chi connectivity index (χ1n) is 11.0. The molecule has 2 N–H and O–H groups in total. The van der Waals surface area contributed by atoms with Gasteiger partial charge in [0.15, 0.2) is 0 Å². The number of alkyl halides is 1. The molecule has 3 unspecified atom stereocenters. The largest absolute Gasteiger partial charge is 0.493 e. The Morgan fingerprint density at radius 1 is 1.26 bits per heavy atom. The Morgan fingerprint density at radius 3 is 2.65 bits per heavy atom. The topological polar surface area (TPSA) is 61.8 Å². The van der Waals surface area contributed by atoms with Crippen LogP contribution in [0.25, 0.3) is 0 Å². The van der Waals surface area contributed by atoms with E-state index in [9.17, 15) is 14.3 Å². The Bertz CT molecular complexity index is 927. The summed E-state index contributed by atoms with van der Waals surface area (Å²) < 4.78 is 19.5. The van der Waals surface area contributed by atoms with Gasteiger partial charge in [-0.1, -0.05) is 30.3 Å². The number of benzene rings is 2. The Labute approximate surface area is 183 Å². The van der Waals surface area contributed by atoms with Crippen molar-refractivity contribution in [2.24, 2.45) is 5.92 Å². The van der Waals surface area contributed by atoms with Gasteiger partial charge in [-0.3, -0.25) is 9.69 Å². The average Bonchev–Trinajstić information content (AvgIpc) is 3.37. The van der Waals surface area contributed by atoms with E-state index in [-0.39, 0.29) is 11.8 Å². The SMILES string of the molecule is CC(O)C(=O)NCc1ccc(CN2CCc3cc(OCC4CC4(C)F)ccc3C2)cc1. The summed E-state index contributed by atoms with van der Waals surface area (Å²) in [5.74, 6) is 0.506. The predicted molar refractivity (Wildman–Crippen MR) is 117 cm³/mol. The first kappa shape index (κ1) is 21.8. The minimum Gasteiger partial charge on any atom is -0.493 e. The van der Waals surface area contributed by atoms with Crippen molar-refractivity contribution in [3.8, 4) is 5.75 Å². The molecule has 3 atom stereocenters. The fourth-order valence-corrected chi connectivity index (χ4v) is 4.02. The maximum atomic E-state index is 13.7. The van der Waals surface area contributed by atoms with E-state index in [2.05, 4.69) is 34.5 Å². The molecule has 0 spiro atoms. The maximum Gasteiger partial charge on any atom is 0.248 e. The molecule has 4 rings (SSSR count). The van der Waals surface area contributed by atoms with Crippen LogP contribution in [0.2, 0.25) is 0 Å². The molecule has 2 aliphatic rings. The molecule has 0 saturated heterocycles. The van der Waals surface area contributed by atoms with E-state index in [1.165, 1.54) is 23.6 Å². The van der Waals surface area contributed by atoms with Gasteiger partial charge in [-0.2, -0.15) is 0 Å². The minimum atomic E-state index is -1.04. The first-order chi connectivity index (χ1) is 14.8. The fourth-order valence-electron chi connectivity index (χ4n) is 4.02. The van der Waals surface area contributed by atoms with Gasteiger partial charge in [0.1, 0.15) is 17.5 Å². The summed E-state index contributed by atoms with van der Waals surface area (Å²) >= 11 is 0. The Balaban J connectivity index is 1.27. The Kier molecular flexibility index (Phi) is 6.30. The zero-order chi connectivity index (χ0) is 22.0. The number of nitrogens with zero attached hydrogens (tertiary/aromatic N) is 1. The van der Waals surface area contributed by atoms with Crippen molar-refractivity contribution in [2.75, 3.05) is 13.2 Å². The summed E-state index contributed by atoms with van der Waals surface area (Å²) in [6.07, 6.45) is 0.581. The van der Waals surface area contributed by atoms with Crippen LogP contribution in [0.1, 0.15) is 42.5 Å². The number of carbonyl (C=O) groups is 1. The van der Waals surface area contributed by atoms with E-state index in [0.29, 0.717) is 19.6 Å². The number of aliphatic hydroxyl groups excluding tert-OH is 1. The van der Waals surface area contributed by atoms with Crippen LogP contribution in [0, 0.1) is 5.92 Å². The second kappa shape index (κ2) is 8.97. The number of nitrogens with one attached hydrogen (secondary N) is 1. The number of amides is 1. The second-order valence-electron chi connectivity index (χ2n) is 9.09. The van der Waals surface area contributed by atoms with Gasteiger partial charge in [-0.25, -0.2) is 4.39 Å². The number of rotatable bonds is 8. The summed E-state index contributed by atoms with van der Waals surface area (Å²) in [4.78, 5) is 13.9. The lowest BCUT2D eigenvalue weighted by atomic mass is 9.99. The molecule has 0 bridgehead atoms. The average molecular weight is 427 g/mol. The van der Waals surface area contributed by atoms with Crippen molar-refractivity contribution in [2.45, 2.75) is 58.1 Å². The Morgan fingerprint density at radius 2 is 1.97 bits per heavy atom. The third-order valence-electron chi connectivity index (χ3n) is 6.33. The van der Waals surface area contributed by atoms with Gasteiger partial charge in [0, 0.05) is 32.1 Å². The molecular weight excluding hydrogens is 395 g/mol. The molecule has 6 heteroatoms. The van der Waals surface area contributed by atoms with Gasteiger partial charge >= 0.3 is 0 Å². The molecule has 31 heavy (non-hydrogen) atoms. The highest BCUT2D eigenvalue weighted by atomic mass is 19.1. The lowest BCUT2D eigenvalue weighted by Gasteiger charge is -2.29. The zero-order valence-electron chi connectivity index (χ0n) is 18.2. The van der Waals surface area contributed by atoms with Crippen LogP contribution in [-0.2, 0) is 30.8 Å². The van der Waals surface area contributed by atoms with Crippen molar-refractivity contribution in [3.63, 3.8) is 0 Å². The van der Waals surface area contributed by atoms with Gasteiger partial charge in [-0.05, 0) is 61.1 Å². The molecule has 5 nitrogen and oxygen atoms in total. The summed E-state index contributed by atoms with van der Waals surface area (Å²) in [7, 11) is 0. The van der Waals surface area contributed by atoms with Crippen molar-refractivity contribution in [3.05, 3.63) is 64.7 Å². The fraction of sp³-hybridized carbons (Fsp3) is 0.480. The zero-order valence-corrected chi connectivity index (χ0v) is 18.2. The molecule has 1 aliphatic heterocycles. The third kappa shape index (κ3) is 5.63. The molecular formula is C25H31FN2O3. The van der Waals surface area contributed by atoms with Crippen LogP contribution in [0.4, 0.5) is 4.39 Å². The van der Waals surface area contributed by atoms with Crippen LogP contribution in [0.15, 0.2) is 42.5 Å². The standard InChI is InChI=1S/C25H31FN2O3/c1-17(29)24(30)27-13-18-3-5-19(6-4-18)14-28-10-9-20-11-23(8-7-21(20)15-28)31-16-22-12-25(22,2)26/h3-8,11,17,22,29H,9-10,12-16H2,1-2H3,(H,27,30). The summed E-state index contributed by atoms with van der Waals surface area (Å²) in [5.41, 5.74) is 3.83. The minimum absolute atomic E-state index is 0.0277. The van der Waals surface area contributed by atoms with E-state index < -0.39 is 11.8 Å². The van der Waals surface area contributed by atoms with Crippen molar-refractivity contribution in [1.82, 2.24) is 10.2 Å². The van der Waals surface area contributed by atoms with Gasteiger partial charge in [-0.15, -0.1) is 0 Å². The molecule has 0 aromatic heterocycles. The Hall–Kier alpha value is -2.44. The van der Waals surface area contributed by atoms with Crippen LogP contribution in [0.3, 0.4) is 0 Å². The van der Waals surface area contributed by atoms with Crippen molar-refractivity contribution >= 4 is 5.91 Å². The van der Waals surface area contributed by atoms with Crippen molar-refractivity contribution < 1.29 is 19.0 Å². The number of fused-ring (bicyclic) bond motifs is 1. The maximum absolute atomic E-state index is 13.7. The quantitative estimate of drug-likeness (QED) is 0.680. The van der Waals surface area contributed by atoms with Gasteiger partial charge in [0.2, 0.25) is 5.91 Å². The molecule has 1 amide bonds. The molecule has 1 saturated carbocycles. The smallest absolute Gasteiger partial charge is 0.248 e. The van der Waals surface area contributed by atoms with Crippen LogP contribution in [0.5, 0.6) is 5.75 Å². The van der Waals surface area contributed by atoms with E-state index in [0.717, 1.165) is 37.4 Å². The highest BCUT2D eigenvalue weighted by Crippen LogP contribution is 2.46. The molecule has 2 aromatic rings. The molecule has 2 aromatic carbocycles. The lowest BCUT2D eigenvalue weighted by molar-refractivity contribution is -0.128. The van der Waals surface area contributed by atoms with E-state index in [1.54, 1.807) is 6.92 Å². The first-order valence-corrected chi connectivity index (χ1v) is 11.0.